The Bertz CT molecular complexity index is 1150. The van der Waals surface area contributed by atoms with Gasteiger partial charge in [0.05, 0.1) is 24.8 Å². The Kier molecular flexibility index (Phi) is 6.10. The number of ether oxygens (including phenoxy) is 3. The molecule has 0 aliphatic heterocycles. The molecule has 3 aromatic rings. The van der Waals surface area contributed by atoms with Crippen LogP contribution in [0.4, 0.5) is 5.69 Å². The number of hydrogen-bond acceptors (Lipinski definition) is 8. The van der Waals surface area contributed by atoms with Crippen LogP contribution in [-0.2, 0) is 9.47 Å². The molecule has 0 amide bonds. The number of aromatic nitrogens is 1. The second-order valence-corrected chi connectivity index (χ2v) is 6.11. The molecule has 0 radical (unpaired) electrons. The number of benzene rings is 2. The molecule has 0 aliphatic rings. The van der Waals surface area contributed by atoms with E-state index in [1.165, 1.54) is 12.1 Å². The number of aromatic amines is 1. The van der Waals surface area contributed by atoms with E-state index in [-0.39, 0.29) is 34.0 Å². The van der Waals surface area contributed by atoms with Gasteiger partial charge in [0.2, 0.25) is 0 Å². The molecule has 158 valence electrons. The Morgan fingerprint density at radius 1 is 0.839 bits per heavy atom. The van der Waals surface area contributed by atoms with Gasteiger partial charge < -0.3 is 19.2 Å². The molecule has 1 aromatic heterocycles. The minimum absolute atomic E-state index is 0.00175. The number of nitro groups is 1. The Morgan fingerprint density at radius 2 is 1.42 bits per heavy atom. The number of hydrogen-bond donors (Lipinski definition) is 1. The van der Waals surface area contributed by atoms with Gasteiger partial charge in [-0.3, -0.25) is 10.1 Å². The molecule has 10 heteroatoms. The van der Waals surface area contributed by atoms with Crippen molar-refractivity contribution in [1.82, 2.24) is 4.98 Å². The Balaban J connectivity index is 2.11. The van der Waals surface area contributed by atoms with E-state index in [0.29, 0.717) is 5.56 Å². The zero-order valence-corrected chi connectivity index (χ0v) is 16.4. The van der Waals surface area contributed by atoms with Gasteiger partial charge in [0.15, 0.2) is 0 Å². The maximum atomic E-state index is 12.8. The van der Waals surface area contributed by atoms with E-state index >= 15 is 0 Å². The molecule has 1 heterocycles. The van der Waals surface area contributed by atoms with Gasteiger partial charge in [-0.25, -0.2) is 14.4 Å². The molecule has 31 heavy (non-hydrogen) atoms. The fourth-order valence-corrected chi connectivity index (χ4v) is 2.88. The maximum Gasteiger partial charge on any atom is 0.361 e. The molecular weight excluding hydrogens is 408 g/mol. The minimum Gasteiger partial charge on any atom is -0.465 e. The lowest BCUT2D eigenvalue weighted by Crippen LogP contribution is -2.17. The van der Waals surface area contributed by atoms with Gasteiger partial charge in [-0.05, 0) is 17.7 Å². The lowest BCUT2D eigenvalue weighted by atomic mass is 10.0. The van der Waals surface area contributed by atoms with E-state index in [1.807, 2.05) is 0 Å². The summed E-state index contributed by atoms with van der Waals surface area (Å²) in [6, 6.07) is 13.3. The first-order chi connectivity index (χ1) is 14.9. The molecule has 0 spiro atoms. The van der Waals surface area contributed by atoms with Crippen LogP contribution in [0.25, 0.3) is 11.3 Å². The number of rotatable bonds is 6. The van der Waals surface area contributed by atoms with Gasteiger partial charge in [-0.15, -0.1) is 0 Å². The van der Waals surface area contributed by atoms with Crippen molar-refractivity contribution < 1.29 is 33.5 Å². The summed E-state index contributed by atoms with van der Waals surface area (Å²) in [5.74, 6) is -2.80. The molecule has 0 atom stereocenters. The molecule has 0 unspecified atom stereocenters. The minimum atomic E-state index is -0.999. The summed E-state index contributed by atoms with van der Waals surface area (Å²) in [5, 5.41) is 10.8. The smallest absolute Gasteiger partial charge is 0.361 e. The summed E-state index contributed by atoms with van der Waals surface area (Å²) in [4.78, 5) is 50.7. The number of nitro benzene ring substituents is 1. The molecule has 2 aromatic carbocycles. The summed E-state index contributed by atoms with van der Waals surface area (Å²) in [6.07, 6.45) is 0. The zero-order chi connectivity index (χ0) is 22.5. The molecule has 0 saturated heterocycles. The maximum absolute atomic E-state index is 12.8. The van der Waals surface area contributed by atoms with Crippen LogP contribution in [0.3, 0.4) is 0 Å². The summed E-state index contributed by atoms with van der Waals surface area (Å²) in [5.41, 5.74) is -0.360. The number of carbonyl (C=O) groups excluding carboxylic acids is 3. The number of nitrogens with one attached hydrogen (secondary N) is 1. The number of methoxy groups -OCH3 is 2. The first kappa shape index (κ1) is 21.2. The highest BCUT2D eigenvalue weighted by Gasteiger charge is 2.33. The first-order valence-electron chi connectivity index (χ1n) is 8.82. The molecule has 0 fully saturated rings. The summed E-state index contributed by atoms with van der Waals surface area (Å²) >= 11 is 0. The van der Waals surface area contributed by atoms with Crippen molar-refractivity contribution in [1.29, 1.82) is 0 Å². The fourth-order valence-electron chi connectivity index (χ4n) is 2.88. The van der Waals surface area contributed by atoms with Crippen LogP contribution in [-0.4, -0.2) is 42.0 Å². The van der Waals surface area contributed by atoms with Crippen molar-refractivity contribution in [2.45, 2.75) is 0 Å². The lowest BCUT2D eigenvalue weighted by molar-refractivity contribution is -0.384. The van der Waals surface area contributed by atoms with E-state index in [9.17, 15) is 24.5 Å². The van der Waals surface area contributed by atoms with Crippen molar-refractivity contribution in [2.75, 3.05) is 14.2 Å². The van der Waals surface area contributed by atoms with Gasteiger partial charge in [0.25, 0.3) is 5.69 Å². The van der Waals surface area contributed by atoms with E-state index in [2.05, 4.69) is 4.98 Å². The highest BCUT2D eigenvalue weighted by molar-refractivity contribution is 6.13. The molecule has 3 rings (SSSR count). The van der Waals surface area contributed by atoms with Crippen LogP contribution < -0.4 is 4.74 Å². The van der Waals surface area contributed by atoms with Crippen molar-refractivity contribution >= 4 is 23.6 Å². The first-order valence-corrected chi connectivity index (χ1v) is 8.82. The molecule has 0 bridgehead atoms. The second kappa shape index (κ2) is 8.91. The highest BCUT2D eigenvalue weighted by atomic mass is 16.6. The third-order valence-electron chi connectivity index (χ3n) is 4.30. The van der Waals surface area contributed by atoms with Gasteiger partial charge in [0.1, 0.15) is 22.6 Å². The van der Waals surface area contributed by atoms with E-state index in [1.54, 1.807) is 30.3 Å². The predicted molar refractivity (Wildman–Crippen MR) is 107 cm³/mol. The predicted octanol–water partition coefficient (Wildman–Crippen LogP) is 3.38. The van der Waals surface area contributed by atoms with Crippen molar-refractivity contribution in [2.24, 2.45) is 0 Å². The number of non-ortho nitro benzene ring substituents is 1. The molecular formula is C21H16N2O8. The third kappa shape index (κ3) is 4.27. The molecule has 1 N–H and O–H groups in total. The van der Waals surface area contributed by atoms with E-state index in [0.717, 1.165) is 26.4 Å². The highest BCUT2D eigenvalue weighted by Crippen LogP contribution is 2.30. The number of carbonyl (C=O) groups is 3. The zero-order valence-electron chi connectivity index (χ0n) is 16.4. The van der Waals surface area contributed by atoms with Crippen LogP contribution in [0, 0.1) is 10.1 Å². The molecule has 10 nitrogen and oxygen atoms in total. The quantitative estimate of drug-likeness (QED) is 0.275. The number of esters is 3. The summed E-state index contributed by atoms with van der Waals surface area (Å²) in [6.45, 7) is 0. The molecule has 0 saturated carbocycles. The van der Waals surface area contributed by atoms with Gasteiger partial charge in [-0.1, -0.05) is 30.3 Å². The summed E-state index contributed by atoms with van der Waals surface area (Å²) in [7, 11) is 2.24. The average Bonchev–Trinajstić information content (AvgIpc) is 3.19. The number of H-pyrrole nitrogens is 1. The Labute approximate surface area is 175 Å². The van der Waals surface area contributed by atoms with Crippen LogP contribution in [0.2, 0.25) is 0 Å². The van der Waals surface area contributed by atoms with Crippen LogP contribution >= 0.6 is 0 Å². The third-order valence-corrected chi connectivity index (χ3v) is 4.30. The van der Waals surface area contributed by atoms with Crippen molar-refractivity contribution in [3.05, 3.63) is 81.5 Å². The van der Waals surface area contributed by atoms with Gasteiger partial charge in [-0.2, -0.15) is 0 Å². The SMILES string of the molecule is COC(=O)c1c(C(=O)Oc2ccc([N+](=O)[O-])cc2)[nH]c(-c2ccccc2)c1C(=O)OC. The number of nitrogens with zero attached hydrogens (tertiary/aromatic N) is 1. The fraction of sp³-hybridized carbons (Fsp3) is 0.0952. The van der Waals surface area contributed by atoms with Gasteiger partial charge >= 0.3 is 17.9 Å². The van der Waals surface area contributed by atoms with Crippen LogP contribution in [0.1, 0.15) is 31.2 Å². The van der Waals surface area contributed by atoms with Crippen LogP contribution in [0.5, 0.6) is 5.75 Å². The Morgan fingerprint density at radius 3 is 1.97 bits per heavy atom. The van der Waals surface area contributed by atoms with Crippen molar-refractivity contribution in [3.8, 4) is 17.0 Å². The average molecular weight is 424 g/mol. The van der Waals surface area contributed by atoms with E-state index < -0.39 is 22.8 Å². The van der Waals surface area contributed by atoms with Crippen LogP contribution in [0.15, 0.2) is 54.6 Å². The normalized spacial score (nSPS) is 10.3. The summed E-state index contributed by atoms with van der Waals surface area (Å²) < 4.78 is 14.8. The second-order valence-electron chi connectivity index (χ2n) is 6.11. The van der Waals surface area contributed by atoms with E-state index in [4.69, 9.17) is 14.2 Å². The monoisotopic (exact) mass is 424 g/mol. The van der Waals surface area contributed by atoms with Crippen molar-refractivity contribution in [3.63, 3.8) is 0 Å². The lowest BCUT2D eigenvalue weighted by Gasteiger charge is -2.06. The largest absolute Gasteiger partial charge is 0.465 e. The molecule has 0 aliphatic carbocycles. The Hall–Kier alpha value is -4.47. The standard InChI is InChI=1S/C21H16N2O8/c1-29-19(24)15-16(20(25)30-2)18(22-17(15)12-6-4-3-5-7-12)21(26)31-14-10-8-13(9-11-14)23(27)28/h3-11,22H,1-2H3. The van der Waals surface area contributed by atoms with Gasteiger partial charge in [0, 0.05) is 12.1 Å². The topological polar surface area (TPSA) is 138 Å².